The Morgan fingerprint density at radius 1 is 1.23 bits per heavy atom. The number of morpholine rings is 1. The minimum absolute atomic E-state index is 0.182. The lowest BCUT2D eigenvalue weighted by Gasteiger charge is -2.25. The Hall–Kier alpha value is -1.39. The van der Waals surface area contributed by atoms with Gasteiger partial charge in [0, 0.05) is 18.7 Å². The first kappa shape index (κ1) is 17.0. The fourth-order valence-corrected chi connectivity index (χ4v) is 2.62. The summed E-state index contributed by atoms with van der Waals surface area (Å²) in [4.78, 5) is 14.6. The summed E-state index contributed by atoms with van der Waals surface area (Å²) in [7, 11) is 0. The number of ether oxygens (including phenoxy) is 2. The maximum absolute atomic E-state index is 12.5. The molecule has 0 N–H and O–H groups in total. The number of hydrogen-bond donors (Lipinski definition) is 0. The van der Waals surface area contributed by atoms with Gasteiger partial charge >= 0.3 is 0 Å². The van der Waals surface area contributed by atoms with Crippen LogP contribution in [0.5, 0.6) is 5.75 Å². The van der Waals surface area contributed by atoms with Gasteiger partial charge in [0.05, 0.1) is 26.4 Å². The van der Waals surface area contributed by atoms with Crippen molar-refractivity contribution in [2.24, 2.45) is 0 Å². The smallest absolute Gasteiger partial charge is 0.176 e. The minimum atomic E-state index is 0.182. The van der Waals surface area contributed by atoms with Crippen molar-refractivity contribution in [3.05, 3.63) is 29.3 Å². The van der Waals surface area contributed by atoms with Crippen molar-refractivity contribution in [2.75, 3.05) is 39.5 Å². The molecule has 0 unspecified atom stereocenters. The van der Waals surface area contributed by atoms with E-state index < -0.39 is 0 Å². The Morgan fingerprint density at radius 2 is 2.00 bits per heavy atom. The van der Waals surface area contributed by atoms with Gasteiger partial charge in [-0.3, -0.25) is 9.69 Å². The highest BCUT2D eigenvalue weighted by Gasteiger charge is 2.16. The van der Waals surface area contributed by atoms with Crippen LogP contribution < -0.4 is 4.74 Å². The highest BCUT2D eigenvalue weighted by Crippen LogP contribution is 2.22. The Morgan fingerprint density at radius 3 is 2.68 bits per heavy atom. The summed E-state index contributed by atoms with van der Waals surface area (Å²) in [5.74, 6) is 1.10. The summed E-state index contributed by atoms with van der Waals surface area (Å²) >= 11 is 0. The van der Waals surface area contributed by atoms with Crippen molar-refractivity contribution in [3.8, 4) is 5.75 Å². The molecule has 0 spiro atoms. The predicted molar refractivity (Wildman–Crippen MR) is 87.8 cm³/mol. The fraction of sp³-hybridized carbons (Fsp3) is 0.611. The van der Waals surface area contributed by atoms with E-state index in [0.717, 1.165) is 69.0 Å². The lowest BCUT2D eigenvalue weighted by atomic mass is 10.0. The molecule has 1 fully saturated rings. The molecule has 1 aliphatic heterocycles. The van der Waals surface area contributed by atoms with Crippen molar-refractivity contribution >= 4 is 5.78 Å². The van der Waals surface area contributed by atoms with Crippen LogP contribution in [0.4, 0.5) is 0 Å². The van der Waals surface area contributed by atoms with Crippen LogP contribution in [0.3, 0.4) is 0 Å². The second kappa shape index (κ2) is 8.91. The molecule has 0 aliphatic carbocycles. The molecule has 2 rings (SSSR count). The number of benzene rings is 1. The van der Waals surface area contributed by atoms with Gasteiger partial charge in [-0.15, -0.1) is 0 Å². The van der Waals surface area contributed by atoms with E-state index in [0.29, 0.717) is 6.54 Å². The molecule has 22 heavy (non-hydrogen) atoms. The van der Waals surface area contributed by atoms with Crippen LogP contribution in [-0.4, -0.2) is 50.1 Å². The quantitative estimate of drug-likeness (QED) is 0.692. The Bertz CT molecular complexity index is 481. The van der Waals surface area contributed by atoms with E-state index in [9.17, 15) is 4.79 Å². The fourth-order valence-electron chi connectivity index (χ4n) is 2.62. The Labute approximate surface area is 133 Å². The molecule has 0 aromatic heterocycles. The van der Waals surface area contributed by atoms with E-state index in [1.54, 1.807) is 0 Å². The summed E-state index contributed by atoms with van der Waals surface area (Å²) in [5.41, 5.74) is 1.93. The number of rotatable bonds is 8. The van der Waals surface area contributed by atoms with Crippen LogP contribution in [-0.2, 0) is 11.2 Å². The number of aryl methyl sites for hydroxylation is 1. The summed E-state index contributed by atoms with van der Waals surface area (Å²) in [5, 5.41) is 0. The van der Waals surface area contributed by atoms with Gasteiger partial charge < -0.3 is 9.47 Å². The van der Waals surface area contributed by atoms with Gasteiger partial charge in [-0.2, -0.15) is 0 Å². The summed E-state index contributed by atoms with van der Waals surface area (Å²) < 4.78 is 11.1. The van der Waals surface area contributed by atoms with E-state index in [2.05, 4.69) is 18.7 Å². The van der Waals surface area contributed by atoms with Crippen LogP contribution in [0.15, 0.2) is 18.2 Å². The number of ketones is 1. The van der Waals surface area contributed by atoms with Gasteiger partial charge in [0.25, 0.3) is 0 Å². The minimum Gasteiger partial charge on any atom is -0.493 e. The van der Waals surface area contributed by atoms with Crippen molar-refractivity contribution in [1.29, 1.82) is 0 Å². The van der Waals surface area contributed by atoms with Crippen molar-refractivity contribution in [3.63, 3.8) is 0 Å². The summed E-state index contributed by atoms with van der Waals surface area (Å²) in [6, 6.07) is 5.86. The molecular formula is C18H27NO3. The molecule has 1 aromatic rings. The second-order valence-corrected chi connectivity index (χ2v) is 5.73. The van der Waals surface area contributed by atoms with Crippen molar-refractivity contribution in [2.45, 2.75) is 33.1 Å². The molecule has 1 heterocycles. The largest absolute Gasteiger partial charge is 0.493 e. The highest BCUT2D eigenvalue weighted by molar-refractivity contribution is 5.98. The SMILES string of the molecule is CCCOc1ccc(C(=O)CN2CCOCC2)cc1CCC. The molecule has 1 aliphatic rings. The number of Topliss-reactive ketones (excluding diaryl/α,β-unsaturated/α-hetero) is 1. The van der Waals surface area contributed by atoms with Gasteiger partial charge in [0.15, 0.2) is 5.78 Å². The number of nitrogens with zero attached hydrogens (tertiary/aromatic N) is 1. The lowest BCUT2D eigenvalue weighted by Crippen LogP contribution is -2.39. The molecule has 122 valence electrons. The third-order valence-corrected chi connectivity index (χ3v) is 3.83. The molecule has 0 bridgehead atoms. The van der Waals surface area contributed by atoms with Crippen LogP contribution in [0, 0.1) is 0 Å². The Balaban J connectivity index is 2.05. The zero-order chi connectivity index (χ0) is 15.8. The molecule has 0 amide bonds. The van der Waals surface area contributed by atoms with Crippen LogP contribution in [0.2, 0.25) is 0 Å². The molecule has 1 saturated heterocycles. The van der Waals surface area contributed by atoms with E-state index in [4.69, 9.17) is 9.47 Å². The van der Waals surface area contributed by atoms with Gasteiger partial charge in [0.2, 0.25) is 0 Å². The highest BCUT2D eigenvalue weighted by atomic mass is 16.5. The van der Waals surface area contributed by atoms with Crippen LogP contribution in [0.1, 0.15) is 42.6 Å². The standard InChI is InChI=1S/C18H27NO3/c1-3-5-16-13-15(6-7-18(16)22-10-4-2)17(20)14-19-8-11-21-12-9-19/h6-7,13H,3-5,8-12,14H2,1-2H3. The van der Waals surface area contributed by atoms with Crippen LogP contribution in [0.25, 0.3) is 0 Å². The molecule has 0 atom stereocenters. The molecule has 4 heteroatoms. The van der Waals surface area contributed by atoms with Crippen molar-refractivity contribution in [1.82, 2.24) is 4.90 Å². The van der Waals surface area contributed by atoms with E-state index in [-0.39, 0.29) is 5.78 Å². The monoisotopic (exact) mass is 305 g/mol. The van der Waals surface area contributed by atoms with Gasteiger partial charge in [-0.25, -0.2) is 0 Å². The number of carbonyl (C=O) groups is 1. The molecule has 1 aromatic carbocycles. The summed E-state index contributed by atoms with van der Waals surface area (Å²) in [6.45, 7) is 8.56. The predicted octanol–water partition coefficient (Wildman–Crippen LogP) is 2.94. The van der Waals surface area contributed by atoms with Gasteiger partial charge in [-0.05, 0) is 36.6 Å². The van der Waals surface area contributed by atoms with Gasteiger partial charge in [-0.1, -0.05) is 20.3 Å². The van der Waals surface area contributed by atoms with Crippen LogP contribution >= 0.6 is 0 Å². The van der Waals surface area contributed by atoms with E-state index >= 15 is 0 Å². The third kappa shape index (κ3) is 4.82. The molecular weight excluding hydrogens is 278 g/mol. The first-order chi connectivity index (χ1) is 10.7. The topological polar surface area (TPSA) is 38.8 Å². The normalized spacial score (nSPS) is 15.7. The average molecular weight is 305 g/mol. The first-order valence-electron chi connectivity index (χ1n) is 8.33. The van der Waals surface area contributed by atoms with Gasteiger partial charge in [0.1, 0.15) is 5.75 Å². The molecule has 0 saturated carbocycles. The van der Waals surface area contributed by atoms with E-state index in [1.807, 2.05) is 18.2 Å². The number of carbonyl (C=O) groups excluding carboxylic acids is 1. The molecule has 4 nitrogen and oxygen atoms in total. The number of hydrogen-bond acceptors (Lipinski definition) is 4. The van der Waals surface area contributed by atoms with E-state index in [1.165, 1.54) is 0 Å². The maximum Gasteiger partial charge on any atom is 0.176 e. The maximum atomic E-state index is 12.5. The Kier molecular flexibility index (Phi) is 6.87. The zero-order valence-corrected chi connectivity index (χ0v) is 13.8. The third-order valence-electron chi connectivity index (χ3n) is 3.83. The summed E-state index contributed by atoms with van der Waals surface area (Å²) in [6.07, 6.45) is 2.98. The second-order valence-electron chi connectivity index (χ2n) is 5.73. The average Bonchev–Trinajstić information content (AvgIpc) is 2.55. The molecule has 0 radical (unpaired) electrons. The van der Waals surface area contributed by atoms with Crippen molar-refractivity contribution < 1.29 is 14.3 Å². The lowest BCUT2D eigenvalue weighted by molar-refractivity contribution is 0.0371. The first-order valence-corrected chi connectivity index (χ1v) is 8.33. The zero-order valence-electron chi connectivity index (χ0n) is 13.8.